The van der Waals surface area contributed by atoms with E-state index in [1.54, 1.807) is 7.11 Å². The van der Waals surface area contributed by atoms with Crippen LogP contribution in [0.25, 0.3) is 0 Å². The van der Waals surface area contributed by atoms with E-state index in [1.807, 2.05) is 27.9 Å². The van der Waals surface area contributed by atoms with Crippen LogP contribution in [0.3, 0.4) is 0 Å². The first-order valence-electron chi connectivity index (χ1n) is 7.07. The number of hydrogen-bond acceptors (Lipinski definition) is 2. The second-order valence-electron chi connectivity index (χ2n) is 7.71. The van der Waals surface area contributed by atoms with E-state index in [4.69, 9.17) is 4.84 Å². The molecular formula is C15H33N2O2+. The first kappa shape index (κ1) is 18.4. The average molecular weight is 273 g/mol. The number of amides is 1. The molecule has 1 amide bonds. The standard InChI is InChI=1S/C15H32N2O2/c1-14(2,3)12-15(4,5)13(18)16-10-9-11-17(6,7)19-8/h9-12H2,1-8H3/p+1. The Morgan fingerprint density at radius 1 is 1.16 bits per heavy atom. The van der Waals surface area contributed by atoms with Crippen LogP contribution in [-0.2, 0) is 9.63 Å². The van der Waals surface area contributed by atoms with E-state index in [-0.39, 0.29) is 16.7 Å². The quantitative estimate of drug-likeness (QED) is 0.440. The molecule has 4 heteroatoms. The van der Waals surface area contributed by atoms with Gasteiger partial charge < -0.3 is 5.32 Å². The average Bonchev–Trinajstić information content (AvgIpc) is 2.20. The molecule has 0 aliphatic carbocycles. The molecule has 1 N–H and O–H groups in total. The second-order valence-corrected chi connectivity index (χ2v) is 7.71. The lowest BCUT2D eigenvalue weighted by Gasteiger charge is -2.31. The topological polar surface area (TPSA) is 38.3 Å². The number of rotatable bonds is 7. The van der Waals surface area contributed by atoms with Gasteiger partial charge in [-0.3, -0.25) is 4.79 Å². The molecule has 0 fully saturated rings. The van der Waals surface area contributed by atoms with Crippen LogP contribution in [-0.4, -0.2) is 44.8 Å². The molecule has 0 heterocycles. The molecular weight excluding hydrogens is 240 g/mol. The molecule has 0 unspecified atom stereocenters. The normalized spacial score (nSPS) is 13.5. The van der Waals surface area contributed by atoms with Gasteiger partial charge in [0.25, 0.3) is 0 Å². The van der Waals surface area contributed by atoms with Crippen molar-refractivity contribution < 1.29 is 14.3 Å². The molecule has 0 radical (unpaired) electrons. The minimum absolute atomic E-state index is 0.144. The van der Waals surface area contributed by atoms with Gasteiger partial charge >= 0.3 is 0 Å². The lowest BCUT2D eigenvalue weighted by atomic mass is 9.76. The van der Waals surface area contributed by atoms with Crippen LogP contribution in [0.4, 0.5) is 0 Å². The van der Waals surface area contributed by atoms with Gasteiger partial charge in [-0.15, -0.1) is 0 Å². The molecule has 0 atom stereocenters. The summed E-state index contributed by atoms with van der Waals surface area (Å²) in [5, 5.41) is 3.04. The third-order valence-corrected chi connectivity index (χ3v) is 3.24. The molecule has 4 nitrogen and oxygen atoms in total. The summed E-state index contributed by atoms with van der Waals surface area (Å²) in [6.07, 6.45) is 1.80. The fourth-order valence-electron chi connectivity index (χ4n) is 2.40. The van der Waals surface area contributed by atoms with Gasteiger partial charge in [0.05, 0.1) is 21.2 Å². The van der Waals surface area contributed by atoms with Crippen LogP contribution in [0, 0.1) is 10.8 Å². The van der Waals surface area contributed by atoms with Crippen molar-refractivity contribution in [1.82, 2.24) is 5.32 Å². The van der Waals surface area contributed by atoms with E-state index in [1.165, 1.54) is 0 Å². The first-order chi connectivity index (χ1) is 8.40. The summed E-state index contributed by atoms with van der Waals surface area (Å²) >= 11 is 0. The molecule has 19 heavy (non-hydrogen) atoms. The Kier molecular flexibility index (Phi) is 6.49. The number of nitrogens with one attached hydrogen (secondary N) is 1. The summed E-state index contributed by atoms with van der Waals surface area (Å²) in [5.74, 6) is 0.144. The summed E-state index contributed by atoms with van der Waals surface area (Å²) in [4.78, 5) is 17.5. The zero-order valence-electron chi connectivity index (χ0n) is 14.1. The Hall–Kier alpha value is -0.610. The Labute approximate surface area is 119 Å². The molecule has 0 saturated carbocycles. The van der Waals surface area contributed by atoms with Gasteiger partial charge in [-0.05, 0) is 11.8 Å². The molecule has 0 spiro atoms. The number of nitrogens with zero attached hydrogens (tertiary/aromatic N) is 1. The first-order valence-corrected chi connectivity index (χ1v) is 7.07. The molecule has 0 aromatic rings. The highest BCUT2D eigenvalue weighted by Crippen LogP contribution is 2.33. The second kappa shape index (κ2) is 6.71. The van der Waals surface area contributed by atoms with E-state index >= 15 is 0 Å². The maximum absolute atomic E-state index is 12.2. The fraction of sp³-hybridized carbons (Fsp3) is 0.933. The molecule has 0 aromatic heterocycles. The van der Waals surface area contributed by atoms with E-state index < -0.39 is 0 Å². The zero-order chi connectivity index (χ0) is 15.3. The number of quaternary nitrogens is 1. The van der Waals surface area contributed by atoms with Crippen molar-refractivity contribution in [3.63, 3.8) is 0 Å². The summed E-state index contributed by atoms with van der Waals surface area (Å²) in [6, 6.07) is 0. The predicted molar refractivity (Wildman–Crippen MR) is 79.5 cm³/mol. The number of hydroxylamine groups is 3. The summed E-state index contributed by atoms with van der Waals surface area (Å²) in [7, 11) is 5.71. The molecule has 0 aliphatic rings. The number of carbonyl (C=O) groups excluding carboxylic acids is 1. The third kappa shape index (κ3) is 8.22. The van der Waals surface area contributed by atoms with E-state index in [0.29, 0.717) is 11.2 Å². The SMILES string of the molecule is CO[N+](C)(C)CCCNC(=O)C(C)(C)CC(C)(C)C. The van der Waals surface area contributed by atoms with Crippen molar-refractivity contribution in [2.75, 3.05) is 34.3 Å². The lowest BCUT2D eigenvalue weighted by molar-refractivity contribution is -1.07. The third-order valence-electron chi connectivity index (χ3n) is 3.24. The summed E-state index contributed by atoms with van der Waals surface area (Å²) in [5.41, 5.74) is -0.153. The summed E-state index contributed by atoms with van der Waals surface area (Å²) in [6.45, 7) is 12.1. The smallest absolute Gasteiger partial charge is 0.225 e. The lowest BCUT2D eigenvalue weighted by Crippen LogP contribution is -2.43. The highest BCUT2D eigenvalue weighted by molar-refractivity contribution is 5.81. The monoisotopic (exact) mass is 273 g/mol. The Morgan fingerprint density at radius 3 is 2.11 bits per heavy atom. The van der Waals surface area contributed by atoms with Crippen molar-refractivity contribution >= 4 is 5.91 Å². The Bertz CT molecular complexity index is 291. The van der Waals surface area contributed by atoms with E-state index in [0.717, 1.165) is 19.4 Å². The highest BCUT2D eigenvalue weighted by Gasteiger charge is 2.32. The van der Waals surface area contributed by atoms with Crippen molar-refractivity contribution in [2.45, 2.75) is 47.5 Å². The summed E-state index contributed by atoms with van der Waals surface area (Å²) < 4.78 is 0.515. The predicted octanol–water partition coefficient (Wildman–Crippen LogP) is 2.59. The van der Waals surface area contributed by atoms with Gasteiger partial charge in [-0.1, -0.05) is 34.6 Å². The number of hydrogen-bond donors (Lipinski definition) is 1. The zero-order valence-corrected chi connectivity index (χ0v) is 14.1. The van der Waals surface area contributed by atoms with Gasteiger partial charge in [0.2, 0.25) is 5.91 Å². The maximum atomic E-state index is 12.2. The molecule has 0 aromatic carbocycles. The largest absolute Gasteiger partial charge is 0.355 e. The van der Waals surface area contributed by atoms with Crippen molar-refractivity contribution in [3.8, 4) is 0 Å². The minimum Gasteiger partial charge on any atom is -0.355 e. The molecule has 114 valence electrons. The van der Waals surface area contributed by atoms with Crippen molar-refractivity contribution in [3.05, 3.63) is 0 Å². The van der Waals surface area contributed by atoms with Crippen LogP contribution in [0.2, 0.25) is 0 Å². The number of carbonyl (C=O) groups is 1. The van der Waals surface area contributed by atoms with Crippen LogP contribution in [0.1, 0.15) is 47.5 Å². The van der Waals surface area contributed by atoms with Crippen molar-refractivity contribution in [2.24, 2.45) is 10.8 Å². The highest BCUT2D eigenvalue weighted by atomic mass is 16.7. The Morgan fingerprint density at radius 2 is 1.68 bits per heavy atom. The van der Waals surface area contributed by atoms with Crippen LogP contribution in [0.15, 0.2) is 0 Å². The van der Waals surface area contributed by atoms with Gasteiger partial charge in [-0.25, -0.2) is 4.84 Å². The Balaban J connectivity index is 4.11. The maximum Gasteiger partial charge on any atom is 0.225 e. The van der Waals surface area contributed by atoms with Crippen LogP contribution < -0.4 is 5.32 Å². The van der Waals surface area contributed by atoms with Gasteiger partial charge in [0.1, 0.15) is 6.54 Å². The van der Waals surface area contributed by atoms with Crippen LogP contribution in [0.5, 0.6) is 0 Å². The molecule has 0 bridgehead atoms. The van der Waals surface area contributed by atoms with Crippen molar-refractivity contribution in [1.29, 1.82) is 0 Å². The molecule has 0 saturated heterocycles. The minimum atomic E-state index is -0.316. The van der Waals surface area contributed by atoms with Gasteiger partial charge in [0.15, 0.2) is 0 Å². The van der Waals surface area contributed by atoms with Gasteiger partial charge in [0, 0.05) is 18.4 Å². The van der Waals surface area contributed by atoms with Gasteiger partial charge in [-0.2, -0.15) is 4.65 Å². The van der Waals surface area contributed by atoms with E-state index in [2.05, 4.69) is 26.1 Å². The molecule has 0 aliphatic heterocycles. The molecule has 0 rings (SSSR count). The van der Waals surface area contributed by atoms with E-state index in [9.17, 15) is 4.79 Å². The van der Waals surface area contributed by atoms with Crippen LogP contribution >= 0.6 is 0 Å². The fourth-order valence-corrected chi connectivity index (χ4v) is 2.40.